The number of ether oxygens (including phenoxy) is 1. The smallest absolute Gasteiger partial charge is 0.104 e. The minimum atomic E-state index is -1.34. The number of hydrogen-bond acceptors (Lipinski definition) is 3. The van der Waals surface area contributed by atoms with Crippen molar-refractivity contribution in [3.63, 3.8) is 0 Å². The molecule has 6 heteroatoms. The molecule has 0 amide bonds. The molecule has 0 bridgehead atoms. The molecule has 6 radical (unpaired) electrons. The van der Waals surface area contributed by atoms with Gasteiger partial charge < -0.3 is 10.1 Å². The van der Waals surface area contributed by atoms with Crippen molar-refractivity contribution in [1.29, 1.82) is 0 Å². The first kappa shape index (κ1) is 12.3. The van der Waals surface area contributed by atoms with Crippen LogP contribution in [0.4, 0.5) is 0 Å². The summed E-state index contributed by atoms with van der Waals surface area (Å²) in [6, 6.07) is 0. The summed E-state index contributed by atoms with van der Waals surface area (Å²) >= 11 is 1.72. The summed E-state index contributed by atoms with van der Waals surface area (Å²) in [6.07, 6.45) is 0.998. The predicted octanol–water partition coefficient (Wildman–Crippen LogP) is 0.377. The molecule has 0 aromatic carbocycles. The van der Waals surface area contributed by atoms with Crippen molar-refractivity contribution in [3.8, 4) is 0 Å². The minimum absolute atomic E-state index is 0.0116. The summed E-state index contributed by atoms with van der Waals surface area (Å²) in [4.78, 5) is 1.26. The first-order chi connectivity index (χ1) is 7.47. The first-order valence-corrected chi connectivity index (χ1v) is 6.15. The Kier molecular flexibility index (Phi) is 3.52. The van der Waals surface area contributed by atoms with E-state index in [1.54, 1.807) is 11.3 Å². The Bertz CT molecular complexity index is 375. The molecule has 1 N–H and O–H groups in total. The van der Waals surface area contributed by atoms with E-state index in [4.69, 9.17) is 28.3 Å². The zero-order chi connectivity index (χ0) is 11.8. The first-order valence-electron chi connectivity index (χ1n) is 5.27. The monoisotopic (exact) mass is 227 g/mol. The molecule has 1 aliphatic heterocycles. The fourth-order valence-corrected chi connectivity index (χ4v) is 3.03. The van der Waals surface area contributed by atoms with Crippen molar-refractivity contribution in [2.24, 2.45) is 0 Å². The quantitative estimate of drug-likeness (QED) is 0.753. The Hall–Kier alpha value is -0.185. The van der Waals surface area contributed by atoms with Gasteiger partial charge in [0.15, 0.2) is 0 Å². The Balaban J connectivity index is 2.08. The second-order valence-corrected chi connectivity index (χ2v) is 5.10. The van der Waals surface area contributed by atoms with Crippen molar-refractivity contribution < 1.29 is 4.74 Å². The van der Waals surface area contributed by atoms with Gasteiger partial charge in [0.1, 0.15) is 6.10 Å². The van der Waals surface area contributed by atoms with E-state index in [1.165, 1.54) is 16.0 Å². The Morgan fingerprint density at radius 2 is 2.31 bits per heavy atom. The van der Waals surface area contributed by atoms with Crippen LogP contribution in [0.15, 0.2) is 5.38 Å². The third kappa shape index (κ3) is 2.73. The molecule has 0 saturated heterocycles. The molecule has 1 aliphatic rings. The molecular weight excluding hydrogens is 215 g/mol. The topological polar surface area (TPSA) is 21.3 Å². The van der Waals surface area contributed by atoms with Crippen molar-refractivity contribution in [3.05, 3.63) is 21.4 Å². The highest BCUT2D eigenvalue weighted by Crippen LogP contribution is 2.34. The number of nitrogens with one attached hydrogen (secondary N) is 1. The second kappa shape index (κ2) is 4.59. The molecule has 1 aromatic heterocycles. The molecule has 0 unspecified atom stereocenters. The average Bonchev–Trinajstić information content (AvgIpc) is 2.57. The fraction of sp³-hybridized carbons (Fsp3) is 0.600. The molecule has 1 atom stereocenters. The van der Waals surface area contributed by atoms with E-state index in [0.717, 1.165) is 13.0 Å². The van der Waals surface area contributed by atoms with E-state index in [0.29, 0.717) is 6.54 Å². The largest absolute Gasteiger partial charge is 0.371 e. The van der Waals surface area contributed by atoms with E-state index in [2.05, 4.69) is 17.6 Å². The van der Waals surface area contributed by atoms with Crippen molar-refractivity contribution >= 4 is 34.9 Å². The maximum absolute atomic E-state index is 5.69. The van der Waals surface area contributed by atoms with Crippen LogP contribution in [0.2, 0.25) is 0 Å². The third-order valence-electron chi connectivity index (χ3n) is 2.69. The fourth-order valence-electron chi connectivity index (χ4n) is 1.88. The van der Waals surface area contributed by atoms with E-state index in [-0.39, 0.29) is 6.10 Å². The van der Waals surface area contributed by atoms with Crippen LogP contribution in [0.3, 0.4) is 0 Å². The summed E-state index contributed by atoms with van der Waals surface area (Å²) in [5.41, 5.74) is 2.74. The van der Waals surface area contributed by atoms with Gasteiger partial charge in [0.2, 0.25) is 0 Å². The van der Waals surface area contributed by atoms with E-state index in [1.807, 2.05) is 0 Å². The van der Waals surface area contributed by atoms with Crippen LogP contribution in [0.25, 0.3) is 0 Å². The van der Waals surface area contributed by atoms with Crippen LogP contribution < -0.4 is 5.32 Å². The lowest BCUT2D eigenvalue weighted by molar-refractivity contribution is 0.0453. The number of aryl methyl sites for hydroxylation is 1. The molecule has 0 saturated carbocycles. The summed E-state index contributed by atoms with van der Waals surface area (Å²) in [5.74, 6) is 0. The van der Waals surface area contributed by atoms with Crippen LogP contribution >= 0.6 is 11.3 Å². The maximum atomic E-state index is 5.69. The summed E-state index contributed by atoms with van der Waals surface area (Å²) in [5, 5.41) is 3.68. The van der Waals surface area contributed by atoms with Gasteiger partial charge in [-0.05, 0) is 29.9 Å². The van der Waals surface area contributed by atoms with Crippen molar-refractivity contribution in [1.82, 2.24) is 5.32 Å². The van der Waals surface area contributed by atoms with Crippen molar-refractivity contribution in [2.75, 3.05) is 13.2 Å². The zero-order valence-corrected chi connectivity index (χ0v) is 10.1. The predicted molar refractivity (Wildman–Crippen MR) is 69.4 cm³/mol. The average molecular weight is 227 g/mol. The van der Waals surface area contributed by atoms with E-state index in [9.17, 15) is 0 Å². The summed E-state index contributed by atoms with van der Waals surface area (Å²) in [7, 11) is 16.4. The van der Waals surface area contributed by atoms with Crippen LogP contribution in [0.5, 0.6) is 0 Å². The molecule has 0 aliphatic carbocycles. The van der Waals surface area contributed by atoms with Gasteiger partial charge in [-0.25, -0.2) is 0 Å². The number of rotatable bonds is 3. The number of thiophene rings is 1. The molecule has 0 spiro atoms. The van der Waals surface area contributed by atoms with E-state index < -0.39 is 5.24 Å². The van der Waals surface area contributed by atoms with Gasteiger partial charge in [-0.2, -0.15) is 0 Å². The summed E-state index contributed by atoms with van der Waals surface area (Å²) < 4.78 is 5.69. The molecule has 2 rings (SSSR count). The highest BCUT2D eigenvalue weighted by atomic mass is 32.1. The molecule has 2 heterocycles. The van der Waals surface area contributed by atoms with Gasteiger partial charge in [0, 0.05) is 11.4 Å². The van der Waals surface area contributed by atoms with Gasteiger partial charge in [0.25, 0.3) is 0 Å². The standard InChI is InChI=1S/C10H12B3NOS/c1-6-5-16-9-7(6)2-3-15-8(9)4-14-10(11,12)13/h5,8,14H,2-4H2,1H3/t8-/m0/s1. The molecule has 16 heavy (non-hydrogen) atoms. The summed E-state index contributed by atoms with van der Waals surface area (Å²) in [6.45, 7) is 3.41. The normalized spacial score (nSPS) is 20.7. The Morgan fingerprint density at radius 1 is 1.56 bits per heavy atom. The van der Waals surface area contributed by atoms with Crippen LogP contribution in [0.1, 0.15) is 22.1 Å². The number of hydrogen-bond donors (Lipinski definition) is 1. The minimum Gasteiger partial charge on any atom is -0.371 e. The lowest BCUT2D eigenvalue weighted by Gasteiger charge is -2.29. The van der Waals surface area contributed by atoms with Crippen LogP contribution in [-0.2, 0) is 11.2 Å². The molecule has 78 valence electrons. The van der Waals surface area contributed by atoms with Crippen LogP contribution in [0, 0.1) is 6.92 Å². The van der Waals surface area contributed by atoms with Gasteiger partial charge in [0.05, 0.1) is 30.1 Å². The molecule has 1 aromatic rings. The van der Waals surface area contributed by atoms with E-state index >= 15 is 0 Å². The third-order valence-corrected chi connectivity index (χ3v) is 3.93. The maximum Gasteiger partial charge on any atom is 0.104 e. The SMILES string of the molecule is [B]C([B])([B])NC[C@@H]1OCCc2c(C)csc21. The Labute approximate surface area is 104 Å². The van der Waals surface area contributed by atoms with Crippen LogP contribution in [-0.4, -0.2) is 41.9 Å². The van der Waals surface area contributed by atoms with Gasteiger partial charge in [-0.3, -0.25) is 0 Å². The number of fused-ring (bicyclic) bond motifs is 1. The Morgan fingerprint density at radius 3 is 3.00 bits per heavy atom. The van der Waals surface area contributed by atoms with Gasteiger partial charge in [-0.1, -0.05) is 5.24 Å². The molecule has 0 fully saturated rings. The zero-order valence-electron chi connectivity index (χ0n) is 9.32. The molecule has 2 nitrogen and oxygen atoms in total. The highest BCUT2D eigenvalue weighted by molar-refractivity contribution is 7.10. The second-order valence-electron chi connectivity index (χ2n) is 4.18. The van der Waals surface area contributed by atoms with Gasteiger partial charge in [-0.15, -0.1) is 11.3 Å². The van der Waals surface area contributed by atoms with Gasteiger partial charge >= 0.3 is 0 Å². The molecular formula is C10H12B3NOS. The lowest BCUT2D eigenvalue weighted by Crippen LogP contribution is -2.49. The van der Waals surface area contributed by atoms with Crippen molar-refractivity contribution in [2.45, 2.75) is 24.7 Å². The highest BCUT2D eigenvalue weighted by Gasteiger charge is 2.24. The lowest BCUT2D eigenvalue weighted by atomic mass is 9.49.